The number of alkyl halides is 3. The van der Waals surface area contributed by atoms with E-state index in [4.69, 9.17) is 11.6 Å². The number of hydrogen-bond acceptors (Lipinski definition) is 5. The van der Waals surface area contributed by atoms with E-state index < -0.39 is 17.2 Å². The molecular formula is C25H22ClF3N4O2. The number of benzene rings is 1. The topological polar surface area (TPSA) is 84.0 Å². The van der Waals surface area contributed by atoms with Crippen molar-refractivity contribution in [1.29, 1.82) is 0 Å². The zero-order valence-corrected chi connectivity index (χ0v) is 19.5. The Labute approximate surface area is 204 Å². The molecule has 0 bridgehead atoms. The molecule has 0 radical (unpaired) electrons. The Balaban J connectivity index is 1.35. The Morgan fingerprint density at radius 3 is 2.49 bits per heavy atom. The molecule has 0 saturated heterocycles. The van der Waals surface area contributed by atoms with Gasteiger partial charge >= 0.3 is 6.18 Å². The van der Waals surface area contributed by atoms with Crippen molar-refractivity contribution in [2.45, 2.75) is 38.9 Å². The highest BCUT2D eigenvalue weighted by Crippen LogP contribution is 2.49. The molecule has 0 unspecified atom stereocenters. The SMILES string of the molecule is Cc1cncc(C(=O)CC2(C(=O)NCc3ccc(Nc4ccc(Cl)cc4C(F)(F)F)cn3)CC2)c1. The van der Waals surface area contributed by atoms with Crippen LogP contribution < -0.4 is 10.6 Å². The average molecular weight is 503 g/mol. The van der Waals surface area contributed by atoms with Crippen molar-refractivity contribution in [3.63, 3.8) is 0 Å². The molecule has 2 aromatic heterocycles. The van der Waals surface area contributed by atoms with Crippen LogP contribution in [-0.2, 0) is 17.5 Å². The average Bonchev–Trinajstić information content (AvgIpc) is 3.59. The summed E-state index contributed by atoms with van der Waals surface area (Å²) < 4.78 is 39.9. The number of nitrogens with zero attached hydrogens (tertiary/aromatic N) is 2. The molecule has 1 amide bonds. The molecule has 0 atom stereocenters. The van der Waals surface area contributed by atoms with Gasteiger partial charge in [0.15, 0.2) is 5.78 Å². The van der Waals surface area contributed by atoms with Crippen LogP contribution in [-0.4, -0.2) is 21.7 Å². The molecule has 2 heterocycles. The summed E-state index contributed by atoms with van der Waals surface area (Å²) in [5.41, 5.74) is 0.499. The molecule has 0 spiro atoms. The second-order valence-electron chi connectivity index (χ2n) is 8.66. The van der Waals surface area contributed by atoms with Crippen molar-refractivity contribution in [3.05, 3.63) is 82.4 Å². The van der Waals surface area contributed by atoms with Gasteiger partial charge in [-0.1, -0.05) is 11.6 Å². The largest absolute Gasteiger partial charge is 0.418 e. The molecule has 3 aromatic rings. The van der Waals surface area contributed by atoms with Crippen LogP contribution in [0.5, 0.6) is 0 Å². The molecule has 1 saturated carbocycles. The van der Waals surface area contributed by atoms with Gasteiger partial charge in [-0.2, -0.15) is 13.2 Å². The van der Waals surface area contributed by atoms with Crippen LogP contribution in [0.1, 0.15) is 46.4 Å². The van der Waals surface area contributed by atoms with Gasteiger partial charge in [0.05, 0.1) is 40.8 Å². The smallest absolute Gasteiger partial charge is 0.354 e. The lowest BCUT2D eigenvalue weighted by atomic mass is 9.95. The third-order valence-electron chi connectivity index (χ3n) is 5.85. The lowest BCUT2D eigenvalue weighted by molar-refractivity contribution is -0.137. The minimum atomic E-state index is -4.57. The fraction of sp³-hybridized carbons (Fsp3) is 0.280. The summed E-state index contributed by atoms with van der Waals surface area (Å²) >= 11 is 5.71. The number of carbonyl (C=O) groups is 2. The number of anilines is 2. The van der Waals surface area contributed by atoms with Gasteiger partial charge in [-0.05, 0) is 61.7 Å². The lowest BCUT2D eigenvalue weighted by Crippen LogP contribution is -2.33. The molecule has 1 aliphatic carbocycles. The number of ketones is 1. The number of Topliss-reactive ketones (excluding diaryl/α,β-unsaturated/α-hetero) is 1. The molecule has 1 aromatic carbocycles. The lowest BCUT2D eigenvalue weighted by Gasteiger charge is -2.16. The van der Waals surface area contributed by atoms with E-state index in [1.165, 1.54) is 24.5 Å². The number of halogens is 4. The molecule has 0 aliphatic heterocycles. The van der Waals surface area contributed by atoms with Gasteiger partial charge < -0.3 is 10.6 Å². The molecule has 35 heavy (non-hydrogen) atoms. The van der Waals surface area contributed by atoms with Gasteiger partial charge in [0.25, 0.3) is 0 Å². The van der Waals surface area contributed by atoms with Crippen LogP contribution in [0.2, 0.25) is 5.02 Å². The van der Waals surface area contributed by atoms with Gasteiger partial charge in [-0.15, -0.1) is 0 Å². The molecular weight excluding hydrogens is 481 g/mol. The summed E-state index contributed by atoms with van der Waals surface area (Å²) in [7, 11) is 0. The van der Waals surface area contributed by atoms with Crippen LogP contribution in [0.15, 0.2) is 55.0 Å². The molecule has 2 N–H and O–H groups in total. The van der Waals surface area contributed by atoms with Crippen LogP contribution >= 0.6 is 11.6 Å². The first-order valence-corrected chi connectivity index (χ1v) is 11.3. The second-order valence-corrected chi connectivity index (χ2v) is 9.10. The van der Waals surface area contributed by atoms with Gasteiger partial charge in [-0.25, -0.2) is 0 Å². The number of rotatable bonds is 8. The van der Waals surface area contributed by atoms with Crippen molar-refractivity contribution in [3.8, 4) is 0 Å². The molecule has 1 aliphatic rings. The van der Waals surface area contributed by atoms with Crippen LogP contribution in [0.3, 0.4) is 0 Å². The highest BCUT2D eigenvalue weighted by Gasteiger charge is 2.51. The Morgan fingerprint density at radius 1 is 1.09 bits per heavy atom. The predicted molar refractivity (Wildman–Crippen MR) is 125 cm³/mol. The summed E-state index contributed by atoms with van der Waals surface area (Å²) in [6.45, 7) is 1.98. The number of hydrogen-bond donors (Lipinski definition) is 2. The maximum absolute atomic E-state index is 13.3. The fourth-order valence-corrected chi connectivity index (χ4v) is 3.90. The van der Waals surface area contributed by atoms with Crippen molar-refractivity contribution in [1.82, 2.24) is 15.3 Å². The van der Waals surface area contributed by atoms with Crippen molar-refractivity contribution >= 4 is 34.7 Å². The van der Waals surface area contributed by atoms with E-state index in [0.29, 0.717) is 29.8 Å². The molecule has 6 nitrogen and oxygen atoms in total. The Morgan fingerprint density at radius 2 is 1.86 bits per heavy atom. The number of carbonyl (C=O) groups excluding carboxylic acids is 2. The first kappa shape index (κ1) is 24.7. The van der Waals surface area contributed by atoms with E-state index in [0.717, 1.165) is 11.6 Å². The van der Waals surface area contributed by atoms with Gasteiger partial charge in [-0.3, -0.25) is 19.6 Å². The zero-order valence-electron chi connectivity index (χ0n) is 18.7. The summed E-state index contributed by atoms with van der Waals surface area (Å²) in [4.78, 5) is 33.6. The minimum absolute atomic E-state index is 0.0160. The third kappa shape index (κ3) is 5.97. The van der Waals surface area contributed by atoms with Crippen molar-refractivity contribution in [2.24, 2.45) is 5.41 Å². The number of nitrogens with one attached hydrogen (secondary N) is 2. The first-order valence-electron chi connectivity index (χ1n) is 10.9. The fourth-order valence-electron chi connectivity index (χ4n) is 3.73. The predicted octanol–water partition coefficient (Wildman–Crippen LogP) is 5.87. The Hall–Kier alpha value is -3.46. The van der Waals surface area contributed by atoms with E-state index in [-0.39, 0.29) is 35.4 Å². The quantitative estimate of drug-likeness (QED) is 0.376. The van der Waals surface area contributed by atoms with Crippen molar-refractivity contribution < 1.29 is 22.8 Å². The maximum Gasteiger partial charge on any atom is 0.418 e. The van der Waals surface area contributed by atoms with Gasteiger partial charge in [0.1, 0.15) is 0 Å². The summed E-state index contributed by atoms with van der Waals surface area (Å²) in [5.74, 6) is -0.339. The number of aryl methyl sites for hydroxylation is 1. The Bertz CT molecular complexity index is 1260. The van der Waals surface area contributed by atoms with E-state index >= 15 is 0 Å². The first-order chi connectivity index (χ1) is 16.6. The standard InChI is InChI=1S/C25H22ClF3N4O2/c1-15-8-16(12-30-11-15)22(34)10-24(6-7-24)23(35)32-13-18-3-4-19(14-31-18)33-21-5-2-17(26)9-20(21)25(27,28)29/h2-5,8-9,11-12,14,33H,6-7,10,13H2,1H3,(H,32,35). The van der Waals surface area contributed by atoms with Crippen LogP contribution in [0.25, 0.3) is 0 Å². The van der Waals surface area contributed by atoms with E-state index in [9.17, 15) is 22.8 Å². The van der Waals surface area contributed by atoms with Gasteiger partial charge in [0.2, 0.25) is 5.91 Å². The minimum Gasteiger partial charge on any atom is -0.354 e. The number of amides is 1. The highest BCUT2D eigenvalue weighted by molar-refractivity contribution is 6.30. The van der Waals surface area contributed by atoms with E-state index in [1.54, 1.807) is 24.4 Å². The molecule has 4 rings (SSSR count). The summed E-state index contributed by atoms with van der Waals surface area (Å²) in [6.07, 6.45) is 1.35. The zero-order chi connectivity index (χ0) is 25.2. The van der Waals surface area contributed by atoms with Gasteiger partial charge in [0, 0.05) is 29.4 Å². The van der Waals surface area contributed by atoms with Crippen molar-refractivity contribution in [2.75, 3.05) is 5.32 Å². The van der Waals surface area contributed by atoms with E-state index in [2.05, 4.69) is 20.6 Å². The summed E-state index contributed by atoms with van der Waals surface area (Å²) in [5, 5.41) is 5.51. The van der Waals surface area contributed by atoms with E-state index in [1.807, 2.05) is 6.92 Å². The van der Waals surface area contributed by atoms with Crippen LogP contribution in [0, 0.1) is 12.3 Å². The maximum atomic E-state index is 13.3. The monoisotopic (exact) mass is 502 g/mol. The third-order valence-corrected chi connectivity index (χ3v) is 6.09. The molecule has 182 valence electrons. The number of aromatic nitrogens is 2. The molecule has 10 heteroatoms. The Kier molecular flexibility index (Phi) is 6.80. The molecule has 1 fully saturated rings. The normalized spacial score (nSPS) is 14.3. The second kappa shape index (κ2) is 9.65. The highest BCUT2D eigenvalue weighted by atomic mass is 35.5. The van der Waals surface area contributed by atoms with Crippen LogP contribution in [0.4, 0.5) is 24.5 Å². The number of pyridine rings is 2. The summed E-state index contributed by atoms with van der Waals surface area (Å²) in [6, 6.07) is 8.41.